The first-order valence-corrected chi connectivity index (χ1v) is 10.2. The van der Waals surface area contributed by atoms with Crippen LogP contribution in [0.3, 0.4) is 0 Å². The molecule has 1 aromatic heterocycles. The zero-order chi connectivity index (χ0) is 22.2. The Morgan fingerprint density at radius 3 is 2.55 bits per heavy atom. The molecule has 0 unspecified atom stereocenters. The van der Waals surface area contributed by atoms with Gasteiger partial charge in [0.25, 0.3) is 5.91 Å². The number of fused-ring (bicyclic) bond motifs is 1. The number of hydrogen-bond acceptors (Lipinski definition) is 4. The van der Waals surface area contributed by atoms with E-state index < -0.39 is 5.54 Å². The van der Waals surface area contributed by atoms with Crippen LogP contribution in [0.1, 0.15) is 34.2 Å². The molecular formula is C24H26N4O3. The molecule has 31 heavy (non-hydrogen) atoms. The van der Waals surface area contributed by atoms with E-state index in [1.165, 1.54) is 0 Å². The van der Waals surface area contributed by atoms with Gasteiger partial charge >= 0.3 is 0 Å². The van der Waals surface area contributed by atoms with Crippen LogP contribution in [-0.2, 0) is 17.9 Å². The van der Waals surface area contributed by atoms with Crippen molar-refractivity contribution >= 4 is 17.5 Å². The predicted molar refractivity (Wildman–Crippen MR) is 118 cm³/mol. The number of anilines is 1. The monoisotopic (exact) mass is 418 g/mol. The van der Waals surface area contributed by atoms with Crippen molar-refractivity contribution < 1.29 is 14.3 Å². The Kier molecular flexibility index (Phi) is 5.27. The van der Waals surface area contributed by atoms with Crippen molar-refractivity contribution in [2.45, 2.75) is 39.4 Å². The maximum atomic E-state index is 13.5. The summed E-state index contributed by atoms with van der Waals surface area (Å²) in [6, 6.07) is 16.9. The van der Waals surface area contributed by atoms with Crippen molar-refractivity contribution in [1.82, 2.24) is 15.1 Å². The summed E-state index contributed by atoms with van der Waals surface area (Å²) in [7, 11) is 1.61. The zero-order valence-electron chi connectivity index (χ0n) is 18.2. The number of benzene rings is 2. The van der Waals surface area contributed by atoms with E-state index in [0.29, 0.717) is 12.2 Å². The Morgan fingerprint density at radius 1 is 1.16 bits per heavy atom. The molecule has 1 atom stereocenters. The van der Waals surface area contributed by atoms with Gasteiger partial charge in [0, 0.05) is 12.2 Å². The van der Waals surface area contributed by atoms with Crippen LogP contribution in [-0.4, -0.2) is 34.2 Å². The Hall–Kier alpha value is -3.61. The first-order chi connectivity index (χ1) is 14.8. The van der Waals surface area contributed by atoms with Crippen molar-refractivity contribution in [2.24, 2.45) is 0 Å². The highest BCUT2D eigenvalue weighted by Gasteiger charge is 2.49. The minimum atomic E-state index is -1.14. The molecule has 1 aliphatic heterocycles. The number of rotatable bonds is 5. The molecule has 160 valence electrons. The van der Waals surface area contributed by atoms with E-state index >= 15 is 0 Å². The molecule has 0 spiro atoms. The average molecular weight is 418 g/mol. The summed E-state index contributed by atoms with van der Waals surface area (Å²) in [6.07, 6.45) is 0. The highest BCUT2D eigenvalue weighted by atomic mass is 16.5. The predicted octanol–water partition coefficient (Wildman–Crippen LogP) is 3.24. The van der Waals surface area contributed by atoms with Gasteiger partial charge in [-0.15, -0.1) is 0 Å². The van der Waals surface area contributed by atoms with Crippen molar-refractivity contribution in [2.75, 3.05) is 12.0 Å². The molecule has 2 aromatic carbocycles. The number of carbonyl (C=O) groups is 2. The quantitative estimate of drug-likeness (QED) is 0.690. The Morgan fingerprint density at radius 2 is 1.87 bits per heavy atom. The molecule has 1 N–H and O–H groups in total. The van der Waals surface area contributed by atoms with E-state index in [2.05, 4.69) is 10.4 Å². The number of hydrogen-bond donors (Lipinski definition) is 1. The lowest BCUT2D eigenvalue weighted by Crippen LogP contribution is -2.64. The van der Waals surface area contributed by atoms with Crippen LogP contribution in [0.4, 0.5) is 5.69 Å². The molecular weight excluding hydrogens is 392 g/mol. The fourth-order valence-corrected chi connectivity index (χ4v) is 4.02. The van der Waals surface area contributed by atoms with Gasteiger partial charge in [-0.1, -0.05) is 30.3 Å². The molecule has 0 radical (unpaired) electrons. The summed E-state index contributed by atoms with van der Waals surface area (Å²) in [5.74, 6) is 0.286. The van der Waals surface area contributed by atoms with Crippen molar-refractivity contribution in [3.63, 3.8) is 0 Å². The number of aromatic nitrogens is 2. The molecule has 2 amide bonds. The molecule has 7 heteroatoms. The normalized spacial score (nSPS) is 17.9. The number of ether oxygens (including phenoxy) is 1. The van der Waals surface area contributed by atoms with Crippen molar-refractivity contribution in [3.05, 3.63) is 77.1 Å². The Balaban J connectivity index is 1.68. The van der Waals surface area contributed by atoms with E-state index in [1.54, 1.807) is 29.7 Å². The highest BCUT2D eigenvalue weighted by molar-refractivity contribution is 6.12. The van der Waals surface area contributed by atoms with Gasteiger partial charge in [-0.25, -0.2) is 0 Å². The largest absolute Gasteiger partial charge is 0.497 e. The summed E-state index contributed by atoms with van der Waals surface area (Å²) in [5, 5.41) is 7.45. The maximum absolute atomic E-state index is 13.5. The first-order valence-electron chi connectivity index (χ1n) is 10.2. The fourth-order valence-electron chi connectivity index (χ4n) is 4.02. The summed E-state index contributed by atoms with van der Waals surface area (Å²) < 4.78 is 6.82. The second-order valence-corrected chi connectivity index (χ2v) is 8.06. The fraction of sp³-hybridized carbons (Fsp3) is 0.292. The molecule has 2 heterocycles. The lowest BCUT2D eigenvalue weighted by atomic mass is 9.93. The molecule has 0 fully saturated rings. The van der Waals surface area contributed by atoms with E-state index in [0.717, 1.165) is 28.3 Å². The minimum absolute atomic E-state index is 0.233. The lowest BCUT2D eigenvalue weighted by Gasteiger charge is -2.43. The smallest absolute Gasteiger partial charge is 0.277 e. The Labute approximate surface area is 181 Å². The van der Waals surface area contributed by atoms with Gasteiger partial charge in [0.1, 0.15) is 17.0 Å². The van der Waals surface area contributed by atoms with Crippen LogP contribution in [0.25, 0.3) is 0 Å². The van der Waals surface area contributed by atoms with Gasteiger partial charge in [0.2, 0.25) is 5.91 Å². The molecule has 3 aromatic rings. The highest BCUT2D eigenvalue weighted by Crippen LogP contribution is 2.34. The molecule has 7 nitrogen and oxygen atoms in total. The molecule has 0 saturated heterocycles. The van der Waals surface area contributed by atoms with Crippen LogP contribution >= 0.6 is 0 Å². The van der Waals surface area contributed by atoms with E-state index in [4.69, 9.17) is 4.74 Å². The average Bonchev–Trinajstić information content (AvgIpc) is 3.13. The Bertz CT molecular complexity index is 1140. The number of carbonyl (C=O) groups excluding carboxylic acids is 2. The number of methoxy groups -OCH3 is 1. The number of nitrogens with zero attached hydrogens (tertiary/aromatic N) is 3. The molecule has 0 aliphatic carbocycles. The van der Waals surface area contributed by atoms with Gasteiger partial charge in [-0.05, 0) is 56.2 Å². The van der Waals surface area contributed by atoms with Crippen LogP contribution < -0.4 is 15.0 Å². The minimum Gasteiger partial charge on any atom is -0.497 e. The SMILES string of the molecule is COc1ccc(CNC(=O)[C@]2(C)Cn3nc(C)cc3C(=O)N2c2ccccc2C)cc1. The second-order valence-electron chi connectivity index (χ2n) is 8.06. The van der Waals surface area contributed by atoms with Gasteiger partial charge < -0.3 is 10.1 Å². The number of nitrogens with one attached hydrogen (secondary N) is 1. The van der Waals surface area contributed by atoms with Gasteiger partial charge in [0.15, 0.2) is 0 Å². The van der Waals surface area contributed by atoms with Gasteiger partial charge in [0.05, 0.1) is 19.3 Å². The number of amides is 2. The van der Waals surface area contributed by atoms with Crippen LogP contribution in [0.15, 0.2) is 54.6 Å². The van der Waals surface area contributed by atoms with Crippen molar-refractivity contribution in [3.8, 4) is 5.75 Å². The topological polar surface area (TPSA) is 76.5 Å². The third-order valence-electron chi connectivity index (χ3n) is 5.73. The second kappa shape index (κ2) is 7.91. The number of para-hydroxylation sites is 1. The maximum Gasteiger partial charge on any atom is 0.277 e. The summed E-state index contributed by atoms with van der Waals surface area (Å²) in [6.45, 7) is 6.19. The third-order valence-corrected chi connectivity index (χ3v) is 5.73. The lowest BCUT2D eigenvalue weighted by molar-refractivity contribution is -0.126. The van der Waals surface area contributed by atoms with Crippen molar-refractivity contribution in [1.29, 1.82) is 0 Å². The standard InChI is InChI=1S/C24H26N4O3/c1-16-7-5-6-8-20(16)28-22(29)21-13-17(2)26-27(21)15-24(28,3)23(30)25-14-18-9-11-19(31-4)12-10-18/h5-13H,14-15H2,1-4H3,(H,25,30)/t24-/m0/s1. The van der Waals surface area contributed by atoms with Gasteiger partial charge in [-0.3, -0.25) is 19.2 Å². The van der Waals surface area contributed by atoms with E-state index in [-0.39, 0.29) is 18.4 Å². The van der Waals surface area contributed by atoms with Gasteiger partial charge in [-0.2, -0.15) is 5.10 Å². The number of aryl methyl sites for hydroxylation is 2. The van der Waals surface area contributed by atoms with E-state index in [1.807, 2.05) is 62.4 Å². The third kappa shape index (κ3) is 3.67. The summed E-state index contributed by atoms with van der Waals surface area (Å²) >= 11 is 0. The molecule has 0 saturated carbocycles. The van der Waals surface area contributed by atoms with Crippen LogP contribution in [0.2, 0.25) is 0 Å². The molecule has 1 aliphatic rings. The summed E-state index contributed by atoms with van der Waals surface area (Å²) in [4.78, 5) is 28.6. The van der Waals surface area contributed by atoms with E-state index in [9.17, 15) is 9.59 Å². The molecule has 0 bridgehead atoms. The summed E-state index contributed by atoms with van der Waals surface area (Å²) in [5.41, 5.74) is 2.69. The molecule has 4 rings (SSSR count). The zero-order valence-corrected chi connectivity index (χ0v) is 18.2. The first kappa shape index (κ1) is 20.7. The van der Waals surface area contributed by atoms with Crippen LogP contribution in [0.5, 0.6) is 5.75 Å². The van der Waals surface area contributed by atoms with Crippen LogP contribution in [0, 0.1) is 13.8 Å².